The van der Waals surface area contributed by atoms with Gasteiger partial charge in [0.2, 0.25) is 0 Å². The van der Waals surface area contributed by atoms with Gasteiger partial charge < -0.3 is 9.64 Å². The highest BCUT2D eigenvalue weighted by atomic mass is 16.5. The summed E-state index contributed by atoms with van der Waals surface area (Å²) >= 11 is 0. The molecule has 0 amide bonds. The molecule has 0 spiro atoms. The monoisotopic (exact) mass is 239 g/mol. The molecule has 1 saturated heterocycles. The molecule has 0 aromatic rings. The van der Waals surface area contributed by atoms with Gasteiger partial charge in [-0.1, -0.05) is 20.4 Å². The first-order valence-corrected chi connectivity index (χ1v) is 6.18. The van der Waals surface area contributed by atoms with E-state index in [1.807, 2.05) is 0 Å². The van der Waals surface area contributed by atoms with E-state index in [4.69, 9.17) is 4.74 Å². The molecular formula is C14H25NO2. The van der Waals surface area contributed by atoms with Gasteiger partial charge in [-0.2, -0.15) is 0 Å². The van der Waals surface area contributed by atoms with Crippen molar-refractivity contribution in [1.29, 1.82) is 0 Å². The Morgan fingerprint density at radius 1 is 1.35 bits per heavy atom. The third kappa shape index (κ3) is 2.39. The minimum absolute atomic E-state index is 0.00523. The van der Waals surface area contributed by atoms with E-state index in [9.17, 15) is 4.79 Å². The van der Waals surface area contributed by atoms with Crippen LogP contribution in [0.3, 0.4) is 0 Å². The molecule has 1 unspecified atom stereocenters. The van der Waals surface area contributed by atoms with Crippen LogP contribution in [-0.2, 0) is 9.53 Å². The van der Waals surface area contributed by atoms with E-state index in [-0.39, 0.29) is 23.0 Å². The largest absolute Gasteiger partial charge is 0.458 e. The summed E-state index contributed by atoms with van der Waals surface area (Å²) in [5, 5.41) is 0. The highest BCUT2D eigenvalue weighted by Gasteiger charge is 2.50. The van der Waals surface area contributed by atoms with E-state index in [1.54, 1.807) is 6.92 Å². The van der Waals surface area contributed by atoms with E-state index < -0.39 is 0 Å². The maximum absolute atomic E-state index is 11.7. The molecule has 0 aromatic carbocycles. The Balaban J connectivity index is 2.88. The number of ether oxygens (including phenoxy) is 1. The van der Waals surface area contributed by atoms with E-state index >= 15 is 0 Å². The fraction of sp³-hybridized carbons (Fsp3) is 0.786. The molecule has 1 fully saturated rings. The summed E-state index contributed by atoms with van der Waals surface area (Å²) < 4.78 is 5.59. The molecule has 1 atom stereocenters. The van der Waals surface area contributed by atoms with Gasteiger partial charge in [0.1, 0.15) is 6.10 Å². The third-order valence-corrected chi connectivity index (χ3v) is 4.66. The highest BCUT2D eigenvalue weighted by molar-refractivity contribution is 5.87. The average molecular weight is 239 g/mol. The van der Waals surface area contributed by atoms with Crippen molar-refractivity contribution in [3.63, 3.8) is 0 Å². The van der Waals surface area contributed by atoms with Crippen LogP contribution in [-0.4, -0.2) is 36.1 Å². The van der Waals surface area contributed by atoms with Crippen LogP contribution in [0.1, 0.15) is 41.0 Å². The Kier molecular flexibility index (Phi) is 3.72. The second kappa shape index (κ2) is 4.45. The predicted molar refractivity (Wildman–Crippen MR) is 69.8 cm³/mol. The summed E-state index contributed by atoms with van der Waals surface area (Å²) in [7, 11) is 2.12. The minimum atomic E-state index is -0.275. The van der Waals surface area contributed by atoms with Crippen molar-refractivity contribution >= 4 is 5.97 Å². The maximum atomic E-state index is 11.7. The number of hydrogen-bond acceptors (Lipinski definition) is 3. The van der Waals surface area contributed by atoms with Crippen molar-refractivity contribution in [1.82, 2.24) is 4.90 Å². The second-order valence-corrected chi connectivity index (χ2v) is 6.17. The highest BCUT2D eigenvalue weighted by Crippen LogP contribution is 2.44. The normalized spacial score (nSPS) is 27.5. The first-order chi connectivity index (χ1) is 7.60. The van der Waals surface area contributed by atoms with Crippen molar-refractivity contribution in [3.8, 4) is 0 Å². The maximum Gasteiger partial charge on any atom is 0.333 e. The van der Waals surface area contributed by atoms with Crippen molar-refractivity contribution in [2.24, 2.45) is 5.41 Å². The molecule has 0 bridgehead atoms. The van der Waals surface area contributed by atoms with Crippen molar-refractivity contribution in [2.45, 2.75) is 52.7 Å². The van der Waals surface area contributed by atoms with Crippen molar-refractivity contribution in [2.75, 3.05) is 13.6 Å². The number of nitrogens with zero attached hydrogens (tertiary/aromatic N) is 1. The van der Waals surface area contributed by atoms with Crippen LogP contribution < -0.4 is 0 Å². The molecule has 1 heterocycles. The lowest BCUT2D eigenvalue weighted by molar-refractivity contribution is -0.167. The molecule has 98 valence electrons. The quantitative estimate of drug-likeness (QED) is 0.548. The Morgan fingerprint density at radius 2 is 1.88 bits per heavy atom. The minimum Gasteiger partial charge on any atom is -0.458 e. The predicted octanol–water partition coefficient (Wildman–Crippen LogP) is 2.61. The van der Waals surface area contributed by atoms with Crippen LogP contribution >= 0.6 is 0 Å². The summed E-state index contributed by atoms with van der Waals surface area (Å²) in [4.78, 5) is 14.0. The number of carbonyl (C=O) groups excluding carboxylic acids is 1. The molecule has 0 saturated carbocycles. The van der Waals surface area contributed by atoms with Crippen LogP contribution in [0.4, 0.5) is 0 Å². The lowest BCUT2D eigenvalue weighted by atomic mass is 9.66. The zero-order valence-corrected chi connectivity index (χ0v) is 12.0. The Labute approximate surface area is 105 Å². The van der Waals surface area contributed by atoms with Crippen LogP contribution in [0.2, 0.25) is 0 Å². The molecule has 3 nitrogen and oxygen atoms in total. The summed E-state index contributed by atoms with van der Waals surface area (Å²) in [5.41, 5.74) is 0.397. The van der Waals surface area contributed by atoms with E-state index in [0.29, 0.717) is 5.57 Å². The third-order valence-electron chi connectivity index (χ3n) is 4.66. The molecule has 17 heavy (non-hydrogen) atoms. The second-order valence-electron chi connectivity index (χ2n) is 6.17. The zero-order chi connectivity index (χ0) is 13.4. The van der Waals surface area contributed by atoms with Gasteiger partial charge in [0, 0.05) is 23.1 Å². The first kappa shape index (κ1) is 14.2. The average Bonchev–Trinajstić information content (AvgIpc) is 2.20. The van der Waals surface area contributed by atoms with Gasteiger partial charge in [-0.15, -0.1) is 0 Å². The Hall–Kier alpha value is -0.830. The standard InChI is InChI=1S/C14H25NO2/c1-10(2)12(16)17-11-8-9-15(7)14(5,6)13(11,3)4/h11H,1,8-9H2,2-7H3. The molecule has 3 heteroatoms. The number of likely N-dealkylation sites (tertiary alicyclic amines) is 1. The van der Waals surface area contributed by atoms with Gasteiger partial charge in [0.15, 0.2) is 0 Å². The summed E-state index contributed by atoms with van der Waals surface area (Å²) in [5.74, 6) is -0.275. The Morgan fingerprint density at radius 3 is 2.35 bits per heavy atom. The fourth-order valence-electron chi connectivity index (χ4n) is 2.27. The fourth-order valence-corrected chi connectivity index (χ4v) is 2.27. The lowest BCUT2D eigenvalue weighted by Crippen LogP contribution is -2.62. The molecule has 0 N–H and O–H groups in total. The summed E-state index contributed by atoms with van der Waals surface area (Å²) in [6.07, 6.45) is 0.837. The number of carbonyl (C=O) groups is 1. The van der Waals surface area contributed by atoms with Gasteiger partial charge in [-0.25, -0.2) is 4.79 Å². The van der Waals surface area contributed by atoms with Gasteiger partial charge in [-0.3, -0.25) is 0 Å². The number of hydrogen-bond donors (Lipinski definition) is 0. The smallest absolute Gasteiger partial charge is 0.333 e. The van der Waals surface area contributed by atoms with Gasteiger partial charge >= 0.3 is 5.97 Å². The van der Waals surface area contributed by atoms with Crippen LogP contribution in [0, 0.1) is 5.41 Å². The Bertz CT molecular complexity index is 331. The van der Waals surface area contributed by atoms with Crippen LogP contribution in [0.15, 0.2) is 12.2 Å². The summed E-state index contributed by atoms with van der Waals surface area (Å²) in [6, 6.07) is 0. The zero-order valence-electron chi connectivity index (χ0n) is 12.0. The molecule has 1 aliphatic heterocycles. The van der Waals surface area contributed by atoms with E-state index in [0.717, 1.165) is 13.0 Å². The van der Waals surface area contributed by atoms with E-state index in [2.05, 4.69) is 46.2 Å². The first-order valence-electron chi connectivity index (χ1n) is 6.18. The number of rotatable bonds is 2. The molecule has 1 aliphatic rings. The number of piperidine rings is 1. The summed E-state index contributed by atoms with van der Waals surface area (Å²) in [6.45, 7) is 15.0. The topological polar surface area (TPSA) is 29.5 Å². The SMILES string of the molecule is C=C(C)C(=O)OC1CCN(C)C(C)(C)C1(C)C. The van der Waals surface area contributed by atoms with Crippen LogP contribution in [0.25, 0.3) is 0 Å². The van der Waals surface area contributed by atoms with Gasteiger partial charge in [0.05, 0.1) is 0 Å². The van der Waals surface area contributed by atoms with Gasteiger partial charge in [-0.05, 0) is 34.2 Å². The molecule has 1 rings (SSSR count). The lowest BCUT2D eigenvalue weighted by Gasteiger charge is -2.55. The molecule has 0 radical (unpaired) electrons. The van der Waals surface area contributed by atoms with Crippen LogP contribution in [0.5, 0.6) is 0 Å². The van der Waals surface area contributed by atoms with E-state index in [1.165, 1.54) is 0 Å². The van der Waals surface area contributed by atoms with Gasteiger partial charge in [0.25, 0.3) is 0 Å². The molecular weight excluding hydrogens is 214 g/mol. The van der Waals surface area contributed by atoms with Crippen molar-refractivity contribution < 1.29 is 9.53 Å². The molecule has 0 aliphatic carbocycles. The van der Waals surface area contributed by atoms with Crippen molar-refractivity contribution in [3.05, 3.63) is 12.2 Å². The number of esters is 1. The molecule has 0 aromatic heterocycles.